The van der Waals surface area contributed by atoms with Crippen molar-refractivity contribution in [3.63, 3.8) is 0 Å². The molecule has 108 valence electrons. The van der Waals surface area contributed by atoms with Gasteiger partial charge >= 0.3 is 6.18 Å². The Balaban J connectivity index is 2.47. The minimum absolute atomic E-state index is 0.0385. The molecule has 0 aliphatic rings. The average Bonchev–Trinajstić information content (AvgIpc) is 2.96. The van der Waals surface area contributed by atoms with Gasteiger partial charge in [-0.1, -0.05) is 30.3 Å². The normalized spacial score (nSPS) is 12.2. The molecule has 1 heterocycles. The molecule has 0 amide bonds. The maximum atomic E-state index is 12.7. The molecule has 0 N–H and O–H groups in total. The van der Waals surface area contributed by atoms with Gasteiger partial charge in [0, 0.05) is 5.56 Å². The van der Waals surface area contributed by atoms with Crippen LogP contribution in [-0.4, -0.2) is 17.7 Å². The number of carbonyl (C=O) groups is 2. The molecule has 0 fully saturated rings. The standard InChI is InChI=1S/C15H9F3O2S/c16-15(17,18)14(20)12(8-10-6-7-21-9-10)13(19)11-4-2-1-3-5-11/h1-9H. The second kappa shape index (κ2) is 6.05. The quantitative estimate of drug-likeness (QED) is 0.368. The summed E-state index contributed by atoms with van der Waals surface area (Å²) in [5, 5.41) is 3.20. The van der Waals surface area contributed by atoms with E-state index in [4.69, 9.17) is 0 Å². The van der Waals surface area contributed by atoms with E-state index in [0.717, 1.165) is 6.08 Å². The number of rotatable bonds is 4. The summed E-state index contributed by atoms with van der Waals surface area (Å²) >= 11 is 1.26. The molecule has 0 saturated heterocycles. The van der Waals surface area contributed by atoms with Crippen molar-refractivity contribution in [2.45, 2.75) is 6.18 Å². The van der Waals surface area contributed by atoms with Crippen molar-refractivity contribution >= 4 is 29.0 Å². The second-order valence-electron chi connectivity index (χ2n) is 4.14. The number of benzene rings is 1. The van der Waals surface area contributed by atoms with Crippen LogP contribution in [0.25, 0.3) is 6.08 Å². The molecule has 0 bridgehead atoms. The van der Waals surface area contributed by atoms with Crippen LogP contribution in [0.4, 0.5) is 13.2 Å². The molecule has 1 aromatic carbocycles. The van der Waals surface area contributed by atoms with E-state index in [1.54, 1.807) is 16.8 Å². The molecule has 2 nitrogen and oxygen atoms in total. The van der Waals surface area contributed by atoms with Gasteiger partial charge in [0.05, 0.1) is 5.57 Å². The molecular weight excluding hydrogens is 301 g/mol. The Morgan fingerprint density at radius 1 is 1.05 bits per heavy atom. The second-order valence-corrected chi connectivity index (χ2v) is 4.92. The van der Waals surface area contributed by atoms with Gasteiger partial charge in [-0.25, -0.2) is 0 Å². The van der Waals surface area contributed by atoms with Crippen LogP contribution in [0.3, 0.4) is 0 Å². The lowest BCUT2D eigenvalue weighted by Gasteiger charge is -2.08. The van der Waals surface area contributed by atoms with Crippen molar-refractivity contribution in [1.82, 2.24) is 0 Å². The van der Waals surface area contributed by atoms with Crippen LogP contribution in [0.5, 0.6) is 0 Å². The molecule has 0 aliphatic carbocycles. The summed E-state index contributed by atoms with van der Waals surface area (Å²) in [6, 6.07) is 8.94. The van der Waals surface area contributed by atoms with E-state index in [2.05, 4.69) is 0 Å². The molecule has 2 rings (SSSR count). The zero-order valence-corrected chi connectivity index (χ0v) is 11.4. The number of ketones is 2. The highest BCUT2D eigenvalue weighted by molar-refractivity contribution is 7.08. The molecule has 21 heavy (non-hydrogen) atoms. The largest absolute Gasteiger partial charge is 0.455 e. The van der Waals surface area contributed by atoms with Gasteiger partial charge in [0.1, 0.15) is 0 Å². The first-order chi connectivity index (χ1) is 9.89. The van der Waals surface area contributed by atoms with Crippen molar-refractivity contribution < 1.29 is 22.8 Å². The number of carbonyl (C=O) groups excluding carboxylic acids is 2. The fraction of sp³-hybridized carbons (Fsp3) is 0.0667. The van der Waals surface area contributed by atoms with Gasteiger partial charge in [-0.05, 0) is 28.5 Å². The van der Waals surface area contributed by atoms with E-state index in [1.165, 1.54) is 41.7 Å². The number of hydrogen-bond acceptors (Lipinski definition) is 3. The van der Waals surface area contributed by atoms with Crippen LogP contribution in [0, 0.1) is 0 Å². The third kappa shape index (κ3) is 3.66. The van der Waals surface area contributed by atoms with Gasteiger partial charge in [-0.2, -0.15) is 24.5 Å². The maximum absolute atomic E-state index is 12.7. The summed E-state index contributed by atoms with van der Waals surface area (Å²) in [5.74, 6) is -3.08. The summed E-state index contributed by atoms with van der Waals surface area (Å²) in [7, 11) is 0. The Bertz CT molecular complexity index is 671. The van der Waals surface area contributed by atoms with Gasteiger partial charge < -0.3 is 0 Å². The number of halogens is 3. The number of Topliss-reactive ketones (excluding diaryl/α,β-unsaturated/α-hetero) is 2. The predicted molar refractivity (Wildman–Crippen MR) is 74.1 cm³/mol. The Morgan fingerprint density at radius 3 is 2.24 bits per heavy atom. The molecule has 0 spiro atoms. The van der Waals surface area contributed by atoms with Crippen LogP contribution < -0.4 is 0 Å². The fourth-order valence-electron chi connectivity index (χ4n) is 1.66. The highest BCUT2D eigenvalue weighted by atomic mass is 32.1. The third-order valence-corrected chi connectivity index (χ3v) is 3.34. The summed E-state index contributed by atoms with van der Waals surface area (Å²) < 4.78 is 38.0. The van der Waals surface area contributed by atoms with E-state index in [0.29, 0.717) is 5.56 Å². The van der Waals surface area contributed by atoms with Gasteiger partial charge in [-0.15, -0.1) is 0 Å². The van der Waals surface area contributed by atoms with E-state index in [1.807, 2.05) is 0 Å². The minimum Gasteiger partial charge on any atom is -0.288 e. The average molecular weight is 310 g/mol. The monoisotopic (exact) mass is 310 g/mol. The zero-order chi connectivity index (χ0) is 15.5. The number of hydrogen-bond donors (Lipinski definition) is 0. The lowest BCUT2D eigenvalue weighted by molar-refractivity contribution is -0.166. The smallest absolute Gasteiger partial charge is 0.288 e. The molecule has 6 heteroatoms. The molecule has 0 atom stereocenters. The van der Waals surface area contributed by atoms with Crippen LogP contribution in [0.15, 0.2) is 52.7 Å². The highest BCUT2D eigenvalue weighted by Crippen LogP contribution is 2.25. The summed E-state index contributed by atoms with van der Waals surface area (Å²) in [5.41, 5.74) is -0.458. The van der Waals surface area contributed by atoms with E-state index >= 15 is 0 Å². The van der Waals surface area contributed by atoms with Crippen LogP contribution in [0.2, 0.25) is 0 Å². The molecular formula is C15H9F3O2S. The van der Waals surface area contributed by atoms with Crippen molar-refractivity contribution in [2.75, 3.05) is 0 Å². The van der Waals surface area contributed by atoms with Crippen molar-refractivity contribution in [1.29, 1.82) is 0 Å². The lowest BCUT2D eigenvalue weighted by atomic mass is 9.98. The Kier molecular flexibility index (Phi) is 4.37. The molecule has 0 unspecified atom stereocenters. The first kappa shape index (κ1) is 15.2. The van der Waals surface area contributed by atoms with E-state index < -0.39 is 23.3 Å². The number of thiophene rings is 1. The van der Waals surface area contributed by atoms with Gasteiger partial charge in [-0.3, -0.25) is 9.59 Å². The summed E-state index contributed by atoms with van der Waals surface area (Å²) in [6.45, 7) is 0. The van der Waals surface area contributed by atoms with Crippen molar-refractivity contribution in [3.8, 4) is 0 Å². The first-order valence-corrected chi connectivity index (χ1v) is 6.79. The Hall–Kier alpha value is -2.21. The topological polar surface area (TPSA) is 34.1 Å². The van der Waals surface area contributed by atoms with E-state index in [-0.39, 0.29) is 5.56 Å². The molecule has 0 aliphatic heterocycles. The molecule has 1 aromatic heterocycles. The first-order valence-electron chi connectivity index (χ1n) is 5.85. The molecule has 0 saturated carbocycles. The highest BCUT2D eigenvalue weighted by Gasteiger charge is 2.42. The van der Waals surface area contributed by atoms with Gasteiger partial charge in [0.25, 0.3) is 5.78 Å². The number of allylic oxidation sites excluding steroid dienone is 1. The van der Waals surface area contributed by atoms with Crippen LogP contribution >= 0.6 is 11.3 Å². The Labute approximate surface area is 122 Å². The fourth-order valence-corrected chi connectivity index (χ4v) is 2.27. The van der Waals surface area contributed by atoms with Crippen LogP contribution in [0.1, 0.15) is 15.9 Å². The van der Waals surface area contributed by atoms with Gasteiger partial charge in [0.15, 0.2) is 5.78 Å². The summed E-state index contributed by atoms with van der Waals surface area (Å²) in [6.07, 6.45) is -4.12. The van der Waals surface area contributed by atoms with Crippen LogP contribution in [-0.2, 0) is 4.79 Å². The molecule has 0 radical (unpaired) electrons. The third-order valence-electron chi connectivity index (χ3n) is 2.64. The van der Waals surface area contributed by atoms with Crippen molar-refractivity contribution in [3.05, 3.63) is 63.9 Å². The summed E-state index contributed by atoms with van der Waals surface area (Å²) in [4.78, 5) is 23.7. The SMILES string of the molecule is O=C(C(=Cc1ccsc1)C(=O)C(F)(F)F)c1ccccc1. The minimum atomic E-state index is -5.09. The van der Waals surface area contributed by atoms with Gasteiger partial charge in [0.2, 0.25) is 0 Å². The van der Waals surface area contributed by atoms with Crippen molar-refractivity contribution in [2.24, 2.45) is 0 Å². The van der Waals surface area contributed by atoms with E-state index in [9.17, 15) is 22.8 Å². The number of alkyl halides is 3. The molecule has 2 aromatic rings. The Morgan fingerprint density at radius 2 is 1.71 bits per heavy atom. The zero-order valence-electron chi connectivity index (χ0n) is 10.6. The maximum Gasteiger partial charge on any atom is 0.455 e. The lowest BCUT2D eigenvalue weighted by Crippen LogP contribution is -2.28. The predicted octanol–water partition coefficient (Wildman–Crippen LogP) is 4.15.